The molecular weight excluding hydrogens is 286 g/mol. The van der Waals surface area contributed by atoms with Crippen LogP contribution in [0.3, 0.4) is 0 Å². The summed E-state index contributed by atoms with van der Waals surface area (Å²) in [7, 11) is 0. The number of carboxylic acids is 1. The second-order valence-corrected chi connectivity index (χ2v) is 6.78. The highest BCUT2D eigenvalue weighted by Crippen LogP contribution is 2.37. The number of aryl methyl sites for hydroxylation is 1. The lowest BCUT2D eigenvalue weighted by Gasteiger charge is -2.43. The summed E-state index contributed by atoms with van der Waals surface area (Å²) in [5, 5.41) is 13.0. The smallest absolute Gasteiger partial charge is 0.335 e. The Morgan fingerprint density at radius 2 is 2.00 bits per heavy atom. The third kappa shape index (κ3) is 3.09. The van der Waals surface area contributed by atoms with E-state index in [9.17, 15) is 9.90 Å². The lowest BCUT2D eigenvalue weighted by atomic mass is 9.74. The molecule has 1 unspecified atom stereocenters. The maximum Gasteiger partial charge on any atom is 0.335 e. The number of carbonyl (C=O) groups is 1. The highest BCUT2D eigenvalue weighted by Gasteiger charge is 2.36. The minimum atomic E-state index is -0.868. The van der Waals surface area contributed by atoms with Crippen molar-refractivity contribution in [3.63, 3.8) is 0 Å². The second-order valence-electron chi connectivity index (χ2n) is 6.78. The largest absolute Gasteiger partial charge is 0.478 e. The Labute approximate surface area is 137 Å². The van der Waals surface area contributed by atoms with Gasteiger partial charge in [-0.2, -0.15) is 0 Å². The van der Waals surface area contributed by atoms with Gasteiger partial charge in [0.25, 0.3) is 0 Å². The van der Waals surface area contributed by atoms with Crippen LogP contribution >= 0.6 is 0 Å². The van der Waals surface area contributed by atoms with E-state index in [-0.39, 0.29) is 5.54 Å². The van der Waals surface area contributed by atoms with Crippen molar-refractivity contribution in [2.45, 2.75) is 38.6 Å². The standard InChI is InChI=1S/C20H23NO2/c1-14(2)20(11-10-16-7-3-4-9-18(16)21-20)13-15-6-5-8-17(12-15)19(22)23/h3-9,12,14,21H,10-11,13H2,1-2H3,(H,22,23). The van der Waals surface area contributed by atoms with Crippen LogP contribution in [0.25, 0.3) is 0 Å². The number of aromatic carboxylic acids is 1. The molecule has 0 radical (unpaired) electrons. The maximum absolute atomic E-state index is 11.2. The van der Waals surface area contributed by atoms with E-state index in [1.54, 1.807) is 12.1 Å². The Bertz CT molecular complexity index is 723. The summed E-state index contributed by atoms with van der Waals surface area (Å²) in [6, 6.07) is 15.8. The van der Waals surface area contributed by atoms with Gasteiger partial charge in [0.2, 0.25) is 0 Å². The lowest BCUT2D eigenvalue weighted by molar-refractivity contribution is 0.0696. The topological polar surface area (TPSA) is 49.3 Å². The van der Waals surface area contributed by atoms with Crippen LogP contribution in [0.4, 0.5) is 5.69 Å². The molecule has 0 fully saturated rings. The quantitative estimate of drug-likeness (QED) is 0.881. The zero-order valence-corrected chi connectivity index (χ0v) is 13.7. The average Bonchev–Trinajstić information content (AvgIpc) is 2.55. The molecule has 0 aliphatic carbocycles. The molecule has 2 N–H and O–H groups in total. The van der Waals surface area contributed by atoms with Gasteiger partial charge in [-0.15, -0.1) is 0 Å². The number of fused-ring (bicyclic) bond motifs is 1. The fourth-order valence-corrected chi connectivity index (χ4v) is 3.50. The van der Waals surface area contributed by atoms with Gasteiger partial charge in [0.1, 0.15) is 0 Å². The summed E-state index contributed by atoms with van der Waals surface area (Å²) < 4.78 is 0. The highest BCUT2D eigenvalue weighted by molar-refractivity contribution is 5.87. The summed E-state index contributed by atoms with van der Waals surface area (Å²) in [5.41, 5.74) is 3.97. The number of benzene rings is 2. The van der Waals surface area contributed by atoms with E-state index < -0.39 is 5.97 Å². The Morgan fingerprint density at radius 3 is 2.74 bits per heavy atom. The van der Waals surface area contributed by atoms with Crippen molar-refractivity contribution in [1.82, 2.24) is 0 Å². The molecule has 0 bridgehead atoms. The fraction of sp³-hybridized carbons (Fsp3) is 0.350. The van der Waals surface area contributed by atoms with E-state index in [0.717, 1.165) is 24.8 Å². The van der Waals surface area contributed by atoms with Crippen molar-refractivity contribution in [3.05, 3.63) is 65.2 Å². The molecule has 1 aliphatic rings. The highest BCUT2D eigenvalue weighted by atomic mass is 16.4. The van der Waals surface area contributed by atoms with Crippen LogP contribution in [0, 0.1) is 5.92 Å². The van der Waals surface area contributed by atoms with Gasteiger partial charge < -0.3 is 10.4 Å². The number of anilines is 1. The molecule has 3 rings (SSSR count). The Morgan fingerprint density at radius 1 is 1.22 bits per heavy atom. The molecular formula is C20H23NO2. The molecule has 0 saturated heterocycles. The molecule has 1 aliphatic heterocycles. The summed E-state index contributed by atoms with van der Waals surface area (Å²) in [4.78, 5) is 11.2. The van der Waals surface area contributed by atoms with Crippen LogP contribution in [0.1, 0.15) is 41.8 Å². The zero-order chi connectivity index (χ0) is 16.4. The van der Waals surface area contributed by atoms with Crippen molar-refractivity contribution in [1.29, 1.82) is 0 Å². The van der Waals surface area contributed by atoms with E-state index in [2.05, 4.69) is 43.4 Å². The predicted octanol–water partition coefficient (Wildman–Crippen LogP) is 4.38. The van der Waals surface area contributed by atoms with E-state index in [0.29, 0.717) is 11.5 Å². The first-order valence-corrected chi connectivity index (χ1v) is 8.18. The van der Waals surface area contributed by atoms with Gasteiger partial charge in [0, 0.05) is 11.2 Å². The first kappa shape index (κ1) is 15.6. The Kier molecular flexibility index (Phi) is 4.12. The van der Waals surface area contributed by atoms with Gasteiger partial charge in [0.15, 0.2) is 0 Å². The molecule has 0 spiro atoms. The van der Waals surface area contributed by atoms with E-state index >= 15 is 0 Å². The molecule has 3 nitrogen and oxygen atoms in total. The zero-order valence-electron chi connectivity index (χ0n) is 13.7. The van der Waals surface area contributed by atoms with E-state index in [1.165, 1.54) is 11.3 Å². The normalized spacial score (nSPS) is 20.0. The monoisotopic (exact) mass is 309 g/mol. The molecule has 0 amide bonds. The number of hydrogen-bond donors (Lipinski definition) is 2. The molecule has 23 heavy (non-hydrogen) atoms. The third-order valence-corrected chi connectivity index (χ3v) is 5.04. The minimum Gasteiger partial charge on any atom is -0.478 e. The van der Waals surface area contributed by atoms with Crippen LogP contribution in [-0.4, -0.2) is 16.6 Å². The summed E-state index contributed by atoms with van der Waals surface area (Å²) >= 11 is 0. The number of para-hydroxylation sites is 1. The molecule has 1 atom stereocenters. The van der Waals surface area contributed by atoms with Gasteiger partial charge in [-0.05, 0) is 54.5 Å². The van der Waals surface area contributed by atoms with Crippen molar-refractivity contribution in [2.75, 3.05) is 5.32 Å². The van der Waals surface area contributed by atoms with Crippen molar-refractivity contribution in [3.8, 4) is 0 Å². The van der Waals surface area contributed by atoms with Crippen LogP contribution in [0.2, 0.25) is 0 Å². The number of rotatable bonds is 4. The SMILES string of the molecule is CC(C)C1(Cc2cccc(C(=O)O)c2)CCc2ccccc2N1. The molecule has 1 heterocycles. The summed E-state index contributed by atoms with van der Waals surface area (Å²) in [6.45, 7) is 4.48. The first-order valence-electron chi connectivity index (χ1n) is 8.18. The van der Waals surface area contributed by atoms with Crippen LogP contribution < -0.4 is 5.32 Å². The Hall–Kier alpha value is -2.29. The van der Waals surface area contributed by atoms with Crippen molar-refractivity contribution in [2.24, 2.45) is 5.92 Å². The van der Waals surface area contributed by atoms with Crippen molar-refractivity contribution >= 4 is 11.7 Å². The number of carboxylic acid groups (broad SMARTS) is 1. The average molecular weight is 309 g/mol. The fourth-order valence-electron chi connectivity index (χ4n) is 3.50. The van der Waals surface area contributed by atoms with Gasteiger partial charge in [-0.25, -0.2) is 4.79 Å². The predicted molar refractivity (Wildman–Crippen MR) is 93.1 cm³/mol. The molecule has 120 valence electrons. The maximum atomic E-state index is 11.2. The molecule has 0 saturated carbocycles. The third-order valence-electron chi connectivity index (χ3n) is 5.04. The minimum absolute atomic E-state index is 0.0362. The lowest BCUT2D eigenvalue weighted by Crippen LogP contribution is -2.48. The van der Waals surface area contributed by atoms with Crippen LogP contribution in [0.5, 0.6) is 0 Å². The van der Waals surface area contributed by atoms with Gasteiger partial charge in [-0.1, -0.05) is 44.2 Å². The Balaban J connectivity index is 1.91. The van der Waals surface area contributed by atoms with Gasteiger partial charge in [0.05, 0.1) is 5.56 Å². The van der Waals surface area contributed by atoms with E-state index in [4.69, 9.17) is 0 Å². The summed E-state index contributed by atoms with van der Waals surface area (Å²) in [6.07, 6.45) is 2.94. The number of nitrogens with one attached hydrogen (secondary N) is 1. The molecule has 0 aromatic heterocycles. The number of hydrogen-bond acceptors (Lipinski definition) is 2. The van der Waals surface area contributed by atoms with Crippen LogP contribution in [-0.2, 0) is 12.8 Å². The molecule has 3 heteroatoms. The first-order chi connectivity index (χ1) is 11.0. The van der Waals surface area contributed by atoms with Gasteiger partial charge >= 0.3 is 5.97 Å². The second kappa shape index (κ2) is 6.07. The van der Waals surface area contributed by atoms with Crippen LogP contribution in [0.15, 0.2) is 48.5 Å². The van der Waals surface area contributed by atoms with Crippen molar-refractivity contribution < 1.29 is 9.90 Å². The molecule has 2 aromatic carbocycles. The van der Waals surface area contributed by atoms with E-state index in [1.807, 2.05) is 12.1 Å². The summed E-state index contributed by atoms with van der Waals surface area (Å²) in [5.74, 6) is -0.420. The van der Waals surface area contributed by atoms with Gasteiger partial charge in [-0.3, -0.25) is 0 Å². The molecule has 2 aromatic rings.